The summed E-state index contributed by atoms with van der Waals surface area (Å²) >= 11 is 0. The Morgan fingerprint density at radius 1 is 1.06 bits per heavy atom. The molecule has 92 valence electrons. The molecule has 2 aromatic rings. The number of hydrogen-bond acceptors (Lipinski definition) is 3. The molecule has 2 aromatic carbocycles. The van der Waals surface area contributed by atoms with Gasteiger partial charge in [-0.05, 0) is 12.1 Å². The Labute approximate surface area is 106 Å². The third-order valence-corrected chi connectivity index (χ3v) is 3.32. The van der Waals surface area contributed by atoms with Crippen molar-refractivity contribution in [3.63, 3.8) is 0 Å². The Kier molecular flexibility index (Phi) is 2.49. The lowest BCUT2D eigenvalue weighted by molar-refractivity contribution is 0.0536. The first kappa shape index (κ1) is 11.1. The lowest BCUT2D eigenvalue weighted by Crippen LogP contribution is -2.29. The quantitative estimate of drug-likeness (QED) is 0.878. The topological polar surface area (TPSA) is 38.7 Å². The highest BCUT2D eigenvalue weighted by Gasteiger charge is 2.42. The van der Waals surface area contributed by atoms with Gasteiger partial charge in [0.25, 0.3) is 0 Å². The second-order valence-corrected chi connectivity index (χ2v) is 4.35. The van der Waals surface area contributed by atoms with Crippen molar-refractivity contribution in [2.45, 2.75) is 5.60 Å². The Hall–Kier alpha value is -2.00. The number of ether oxygens (including phenoxy) is 2. The molecule has 3 heteroatoms. The maximum absolute atomic E-state index is 10.9. The first-order valence-electron chi connectivity index (χ1n) is 5.84. The lowest BCUT2D eigenvalue weighted by Gasteiger charge is -2.23. The van der Waals surface area contributed by atoms with Gasteiger partial charge in [0.05, 0.1) is 7.11 Å². The zero-order valence-corrected chi connectivity index (χ0v) is 10.1. The number of fused-ring (bicyclic) bond motifs is 1. The summed E-state index contributed by atoms with van der Waals surface area (Å²) in [6, 6.07) is 15.0. The van der Waals surface area contributed by atoms with Crippen LogP contribution >= 0.6 is 0 Å². The molecular weight excluding hydrogens is 228 g/mol. The van der Waals surface area contributed by atoms with E-state index in [2.05, 4.69) is 0 Å². The van der Waals surface area contributed by atoms with Crippen LogP contribution in [0.5, 0.6) is 11.5 Å². The Bertz CT molecular complexity index is 579. The Morgan fingerprint density at radius 2 is 1.72 bits per heavy atom. The number of rotatable bonds is 2. The van der Waals surface area contributed by atoms with Gasteiger partial charge in [0.15, 0.2) is 5.60 Å². The van der Waals surface area contributed by atoms with Crippen LogP contribution in [-0.4, -0.2) is 18.8 Å². The summed E-state index contributed by atoms with van der Waals surface area (Å²) in [5.41, 5.74) is 0.385. The molecule has 1 N–H and O–H groups in total. The fourth-order valence-corrected chi connectivity index (χ4v) is 2.40. The van der Waals surface area contributed by atoms with Gasteiger partial charge >= 0.3 is 0 Å². The van der Waals surface area contributed by atoms with Gasteiger partial charge in [-0.3, -0.25) is 0 Å². The molecule has 3 rings (SSSR count). The molecule has 18 heavy (non-hydrogen) atoms. The molecule has 0 bridgehead atoms. The van der Waals surface area contributed by atoms with Crippen LogP contribution < -0.4 is 9.47 Å². The molecule has 0 amide bonds. The number of benzene rings is 2. The van der Waals surface area contributed by atoms with Crippen molar-refractivity contribution in [2.75, 3.05) is 13.7 Å². The van der Waals surface area contributed by atoms with Crippen LogP contribution in [0.25, 0.3) is 0 Å². The number of para-hydroxylation sites is 2. The molecule has 0 unspecified atom stereocenters. The molecule has 1 aliphatic rings. The van der Waals surface area contributed by atoms with Crippen molar-refractivity contribution >= 4 is 0 Å². The SMILES string of the molecule is COc1ccccc1[C@]1(O)COc2ccccc21. The predicted octanol–water partition coefficient (Wildman–Crippen LogP) is 2.32. The van der Waals surface area contributed by atoms with Crippen LogP contribution in [0.2, 0.25) is 0 Å². The van der Waals surface area contributed by atoms with Gasteiger partial charge in [-0.1, -0.05) is 36.4 Å². The average Bonchev–Trinajstić information content (AvgIpc) is 2.78. The molecule has 0 aromatic heterocycles. The third-order valence-electron chi connectivity index (χ3n) is 3.32. The molecule has 3 nitrogen and oxygen atoms in total. The minimum atomic E-state index is -1.14. The van der Waals surface area contributed by atoms with E-state index >= 15 is 0 Å². The fraction of sp³-hybridized carbons (Fsp3) is 0.200. The normalized spacial score (nSPS) is 21.2. The smallest absolute Gasteiger partial charge is 0.156 e. The van der Waals surface area contributed by atoms with E-state index in [9.17, 15) is 5.11 Å². The lowest BCUT2D eigenvalue weighted by atomic mass is 9.87. The zero-order chi connectivity index (χ0) is 12.6. The van der Waals surface area contributed by atoms with Crippen LogP contribution in [0.1, 0.15) is 11.1 Å². The second-order valence-electron chi connectivity index (χ2n) is 4.35. The first-order chi connectivity index (χ1) is 8.75. The van der Waals surface area contributed by atoms with E-state index in [1.807, 2.05) is 48.5 Å². The molecule has 0 saturated carbocycles. The maximum atomic E-state index is 10.9. The minimum Gasteiger partial charge on any atom is -0.496 e. The number of hydrogen-bond donors (Lipinski definition) is 1. The van der Waals surface area contributed by atoms with Crippen LogP contribution in [0.3, 0.4) is 0 Å². The summed E-state index contributed by atoms with van der Waals surface area (Å²) in [5.74, 6) is 1.39. The molecule has 0 aliphatic carbocycles. The third kappa shape index (κ3) is 1.48. The van der Waals surface area contributed by atoms with Gasteiger partial charge in [0.2, 0.25) is 0 Å². The van der Waals surface area contributed by atoms with Crippen LogP contribution in [0, 0.1) is 0 Å². The van der Waals surface area contributed by atoms with Crippen molar-refractivity contribution < 1.29 is 14.6 Å². The molecule has 1 heterocycles. The minimum absolute atomic E-state index is 0.215. The number of aliphatic hydroxyl groups is 1. The van der Waals surface area contributed by atoms with Crippen molar-refractivity contribution in [1.29, 1.82) is 0 Å². The van der Waals surface area contributed by atoms with E-state index in [4.69, 9.17) is 9.47 Å². The van der Waals surface area contributed by atoms with Crippen molar-refractivity contribution in [3.8, 4) is 11.5 Å². The monoisotopic (exact) mass is 242 g/mol. The van der Waals surface area contributed by atoms with E-state index in [1.165, 1.54) is 0 Å². The van der Waals surface area contributed by atoms with Crippen molar-refractivity contribution in [2.24, 2.45) is 0 Å². The molecule has 1 atom stereocenters. The number of methoxy groups -OCH3 is 1. The van der Waals surface area contributed by atoms with Crippen LogP contribution in [0.15, 0.2) is 48.5 Å². The summed E-state index contributed by atoms with van der Waals surface area (Å²) in [5, 5.41) is 10.9. The van der Waals surface area contributed by atoms with Gasteiger partial charge in [-0.2, -0.15) is 0 Å². The molecule has 0 saturated heterocycles. The van der Waals surface area contributed by atoms with Crippen LogP contribution in [0.4, 0.5) is 0 Å². The van der Waals surface area contributed by atoms with E-state index in [1.54, 1.807) is 7.11 Å². The molecular formula is C15H14O3. The Morgan fingerprint density at radius 3 is 2.50 bits per heavy atom. The summed E-state index contributed by atoms with van der Waals surface area (Å²) in [7, 11) is 1.60. The summed E-state index contributed by atoms with van der Waals surface area (Å²) in [6.07, 6.45) is 0. The van der Waals surface area contributed by atoms with Gasteiger partial charge in [-0.15, -0.1) is 0 Å². The van der Waals surface area contributed by atoms with E-state index in [0.29, 0.717) is 5.75 Å². The van der Waals surface area contributed by atoms with E-state index in [-0.39, 0.29) is 6.61 Å². The molecule has 0 radical (unpaired) electrons. The standard InChI is InChI=1S/C15H14O3/c1-17-13-8-4-2-6-11(13)15(16)10-18-14-9-5-3-7-12(14)15/h2-9,16H,10H2,1H3/t15-/m1/s1. The highest BCUT2D eigenvalue weighted by Crippen LogP contribution is 2.44. The van der Waals surface area contributed by atoms with Gasteiger partial charge < -0.3 is 14.6 Å². The van der Waals surface area contributed by atoms with Crippen molar-refractivity contribution in [1.82, 2.24) is 0 Å². The summed E-state index contributed by atoms with van der Waals surface area (Å²) in [4.78, 5) is 0. The molecule has 1 aliphatic heterocycles. The summed E-state index contributed by atoms with van der Waals surface area (Å²) < 4.78 is 10.9. The highest BCUT2D eigenvalue weighted by molar-refractivity contribution is 5.52. The zero-order valence-electron chi connectivity index (χ0n) is 10.1. The van der Waals surface area contributed by atoms with E-state index in [0.717, 1.165) is 16.9 Å². The highest BCUT2D eigenvalue weighted by atomic mass is 16.5. The molecule has 0 fully saturated rings. The average molecular weight is 242 g/mol. The molecule has 0 spiro atoms. The fourth-order valence-electron chi connectivity index (χ4n) is 2.40. The maximum Gasteiger partial charge on any atom is 0.156 e. The van der Waals surface area contributed by atoms with Crippen LogP contribution in [-0.2, 0) is 5.60 Å². The second kappa shape index (κ2) is 4.03. The summed E-state index contributed by atoms with van der Waals surface area (Å²) in [6.45, 7) is 0.215. The van der Waals surface area contributed by atoms with Gasteiger partial charge in [0.1, 0.15) is 18.1 Å². The van der Waals surface area contributed by atoms with Crippen molar-refractivity contribution in [3.05, 3.63) is 59.7 Å². The van der Waals surface area contributed by atoms with Gasteiger partial charge in [0, 0.05) is 11.1 Å². The Balaban J connectivity index is 2.17. The van der Waals surface area contributed by atoms with E-state index < -0.39 is 5.60 Å². The largest absolute Gasteiger partial charge is 0.496 e. The van der Waals surface area contributed by atoms with Gasteiger partial charge in [-0.25, -0.2) is 0 Å². The first-order valence-corrected chi connectivity index (χ1v) is 5.84. The predicted molar refractivity (Wildman–Crippen MR) is 67.9 cm³/mol.